The van der Waals surface area contributed by atoms with E-state index in [0.29, 0.717) is 12.0 Å². The third kappa shape index (κ3) is 3.19. The molecule has 1 aromatic rings. The molecule has 0 saturated carbocycles. The summed E-state index contributed by atoms with van der Waals surface area (Å²) in [5.41, 5.74) is 0.0316. The highest BCUT2D eigenvalue weighted by atomic mass is 16.5. The third-order valence-electron chi connectivity index (χ3n) is 3.53. The fourth-order valence-corrected chi connectivity index (χ4v) is 1.74. The number of carbonyl (C=O) groups excluding carboxylic acids is 2. The molecule has 1 rings (SSSR count). The Labute approximate surface area is 108 Å². The zero-order valence-electron chi connectivity index (χ0n) is 11.4. The molecule has 0 heterocycles. The molecule has 0 aromatic heterocycles. The first-order chi connectivity index (χ1) is 8.39. The SMILES string of the molecule is COC(=O)C(C)(C)[C@@H](C)CC(=O)c1ccccc1. The van der Waals surface area contributed by atoms with E-state index in [4.69, 9.17) is 4.74 Å². The second-order valence-corrected chi connectivity index (χ2v) is 5.11. The molecule has 0 spiro atoms. The van der Waals surface area contributed by atoms with E-state index in [-0.39, 0.29) is 17.7 Å². The van der Waals surface area contributed by atoms with Crippen LogP contribution in [0.4, 0.5) is 0 Å². The van der Waals surface area contributed by atoms with Gasteiger partial charge in [0.25, 0.3) is 0 Å². The molecule has 98 valence electrons. The molecular weight excluding hydrogens is 228 g/mol. The quantitative estimate of drug-likeness (QED) is 0.594. The van der Waals surface area contributed by atoms with Gasteiger partial charge in [-0.2, -0.15) is 0 Å². The van der Waals surface area contributed by atoms with Crippen LogP contribution in [0.1, 0.15) is 37.6 Å². The van der Waals surface area contributed by atoms with Crippen LogP contribution in [-0.2, 0) is 9.53 Å². The van der Waals surface area contributed by atoms with Gasteiger partial charge in [-0.05, 0) is 19.8 Å². The maximum atomic E-state index is 12.1. The largest absolute Gasteiger partial charge is 0.469 e. The van der Waals surface area contributed by atoms with Crippen molar-refractivity contribution < 1.29 is 14.3 Å². The summed E-state index contributed by atoms with van der Waals surface area (Å²) in [5.74, 6) is -0.298. The van der Waals surface area contributed by atoms with Crippen molar-refractivity contribution in [1.82, 2.24) is 0 Å². The third-order valence-corrected chi connectivity index (χ3v) is 3.53. The highest BCUT2D eigenvalue weighted by Crippen LogP contribution is 2.31. The molecule has 0 aliphatic carbocycles. The van der Waals surface area contributed by atoms with E-state index in [1.165, 1.54) is 7.11 Å². The summed E-state index contributed by atoms with van der Waals surface area (Å²) in [4.78, 5) is 23.7. The maximum absolute atomic E-state index is 12.1. The molecule has 0 N–H and O–H groups in total. The van der Waals surface area contributed by atoms with Gasteiger partial charge in [0.05, 0.1) is 12.5 Å². The highest BCUT2D eigenvalue weighted by molar-refractivity contribution is 5.96. The Hall–Kier alpha value is -1.64. The molecule has 3 nitrogen and oxygen atoms in total. The minimum Gasteiger partial charge on any atom is -0.469 e. The first kappa shape index (κ1) is 14.4. The normalized spacial score (nSPS) is 12.9. The van der Waals surface area contributed by atoms with Crippen LogP contribution in [0.3, 0.4) is 0 Å². The molecule has 1 atom stereocenters. The molecule has 0 fully saturated rings. The molecule has 0 bridgehead atoms. The molecule has 0 saturated heterocycles. The number of hydrogen-bond acceptors (Lipinski definition) is 3. The number of ketones is 1. The molecule has 0 unspecified atom stereocenters. The number of carbonyl (C=O) groups is 2. The van der Waals surface area contributed by atoms with Crippen LogP contribution in [-0.4, -0.2) is 18.9 Å². The highest BCUT2D eigenvalue weighted by Gasteiger charge is 2.36. The van der Waals surface area contributed by atoms with Gasteiger partial charge < -0.3 is 4.74 Å². The lowest BCUT2D eigenvalue weighted by Crippen LogP contribution is -2.33. The monoisotopic (exact) mass is 248 g/mol. The summed E-state index contributed by atoms with van der Waals surface area (Å²) in [6, 6.07) is 9.13. The molecular formula is C15H20O3. The summed E-state index contributed by atoms with van der Waals surface area (Å²) in [6.07, 6.45) is 0.339. The molecule has 0 aliphatic rings. The average molecular weight is 248 g/mol. The van der Waals surface area contributed by atoms with Gasteiger partial charge in [-0.1, -0.05) is 37.3 Å². The van der Waals surface area contributed by atoms with Crippen LogP contribution in [0.15, 0.2) is 30.3 Å². The van der Waals surface area contributed by atoms with Crippen molar-refractivity contribution in [3.8, 4) is 0 Å². The lowest BCUT2D eigenvalue weighted by atomic mass is 9.77. The zero-order chi connectivity index (χ0) is 13.8. The summed E-state index contributed by atoms with van der Waals surface area (Å²) in [6.45, 7) is 5.52. The summed E-state index contributed by atoms with van der Waals surface area (Å²) >= 11 is 0. The van der Waals surface area contributed by atoms with Crippen LogP contribution in [0.5, 0.6) is 0 Å². The van der Waals surface area contributed by atoms with Crippen molar-refractivity contribution in [1.29, 1.82) is 0 Å². The second kappa shape index (κ2) is 5.80. The van der Waals surface area contributed by atoms with E-state index in [1.807, 2.05) is 39.0 Å². The molecule has 0 amide bonds. The number of ether oxygens (including phenoxy) is 1. The summed E-state index contributed by atoms with van der Waals surface area (Å²) < 4.78 is 4.77. The topological polar surface area (TPSA) is 43.4 Å². The van der Waals surface area contributed by atoms with Crippen LogP contribution in [0, 0.1) is 11.3 Å². The smallest absolute Gasteiger partial charge is 0.311 e. The minimum absolute atomic E-state index is 0.0556. The van der Waals surface area contributed by atoms with Crippen LogP contribution in [0.2, 0.25) is 0 Å². The van der Waals surface area contributed by atoms with Crippen molar-refractivity contribution >= 4 is 11.8 Å². The zero-order valence-corrected chi connectivity index (χ0v) is 11.4. The van der Waals surface area contributed by atoms with E-state index in [2.05, 4.69) is 0 Å². The van der Waals surface area contributed by atoms with Crippen molar-refractivity contribution in [3.05, 3.63) is 35.9 Å². The molecule has 18 heavy (non-hydrogen) atoms. The maximum Gasteiger partial charge on any atom is 0.311 e. The Balaban J connectivity index is 2.74. The molecule has 3 heteroatoms. The van der Waals surface area contributed by atoms with Gasteiger partial charge in [-0.25, -0.2) is 0 Å². The Kier molecular flexibility index (Phi) is 4.65. The number of methoxy groups -OCH3 is 1. The van der Waals surface area contributed by atoms with Crippen LogP contribution in [0.25, 0.3) is 0 Å². The number of hydrogen-bond donors (Lipinski definition) is 0. The lowest BCUT2D eigenvalue weighted by Gasteiger charge is -2.28. The average Bonchev–Trinajstić information content (AvgIpc) is 2.38. The van der Waals surface area contributed by atoms with Gasteiger partial charge in [0, 0.05) is 12.0 Å². The van der Waals surface area contributed by atoms with Crippen molar-refractivity contribution in [2.45, 2.75) is 27.2 Å². The standard InChI is InChI=1S/C15H20O3/c1-11(15(2,3)14(17)18-4)10-13(16)12-8-6-5-7-9-12/h5-9,11H,10H2,1-4H3/t11-/m0/s1. The summed E-state index contributed by atoms with van der Waals surface area (Å²) in [7, 11) is 1.37. The first-order valence-corrected chi connectivity index (χ1v) is 6.06. The van der Waals surface area contributed by atoms with Crippen LogP contribution >= 0.6 is 0 Å². The van der Waals surface area contributed by atoms with Crippen molar-refractivity contribution in [2.75, 3.05) is 7.11 Å². The van der Waals surface area contributed by atoms with E-state index in [1.54, 1.807) is 12.1 Å². The van der Waals surface area contributed by atoms with Crippen molar-refractivity contribution in [3.63, 3.8) is 0 Å². The van der Waals surface area contributed by atoms with Crippen molar-refractivity contribution in [2.24, 2.45) is 11.3 Å². The van der Waals surface area contributed by atoms with Crippen LogP contribution < -0.4 is 0 Å². The second-order valence-electron chi connectivity index (χ2n) is 5.11. The predicted molar refractivity (Wildman–Crippen MR) is 70.4 cm³/mol. The van der Waals surface area contributed by atoms with Gasteiger partial charge in [0.2, 0.25) is 0 Å². The van der Waals surface area contributed by atoms with Gasteiger partial charge in [0.1, 0.15) is 0 Å². The number of Topliss-reactive ketones (excluding diaryl/α,β-unsaturated/α-hetero) is 1. The van der Waals surface area contributed by atoms with E-state index in [9.17, 15) is 9.59 Å². The van der Waals surface area contributed by atoms with Gasteiger partial charge in [0.15, 0.2) is 5.78 Å². The van der Waals surface area contributed by atoms with Gasteiger partial charge >= 0.3 is 5.97 Å². The first-order valence-electron chi connectivity index (χ1n) is 6.06. The Morgan fingerprint density at radius 3 is 2.28 bits per heavy atom. The predicted octanol–water partition coefficient (Wildman–Crippen LogP) is 3.09. The Morgan fingerprint density at radius 2 is 1.78 bits per heavy atom. The number of benzene rings is 1. The fraction of sp³-hybridized carbons (Fsp3) is 0.467. The number of rotatable bonds is 5. The van der Waals surface area contributed by atoms with Gasteiger partial charge in [-0.3, -0.25) is 9.59 Å². The summed E-state index contributed by atoms with van der Waals surface area (Å²) in [5, 5.41) is 0. The van der Waals surface area contributed by atoms with E-state index < -0.39 is 5.41 Å². The number of esters is 1. The van der Waals surface area contributed by atoms with E-state index in [0.717, 1.165) is 0 Å². The minimum atomic E-state index is -0.654. The Bertz CT molecular complexity index is 421. The molecule has 0 radical (unpaired) electrons. The Morgan fingerprint density at radius 1 is 1.22 bits per heavy atom. The van der Waals surface area contributed by atoms with E-state index >= 15 is 0 Å². The molecule has 1 aromatic carbocycles. The fourth-order valence-electron chi connectivity index (χ4n) is 1.74. The van der Waals surface area contributed by atoms with Gasteiger partial charge in [-0.15, -0.1) is 0 Å². The molecule has 0 aliphatic heterocycles. The lowest BCUT2D eigenvalue weighted by molar-refractivity contribution is -0.153.